The molecule has 2 aromatic heterocycles. The zero-order valence-electron chi connectivity index (χ0n) is 19.5. The molecule has 1 N–H and O–H groups in total. The molecule has 35 heavy (non-hydrogen) atoms. The van der Waals surface area contributed by atoms with Gasteiger partial charge in [-0.05, 0) is 44.2 Å². The number of hydrogen-bond acceptors (Lipinski definition) is 6. The molecule has 9 heteroatoms. The molecule has 0 aliphatic rings. The minimum absolute atomic E-state index is 0.0452. The molecule has 180 valence electrons. The van der Waals surface area contributed by atoms with Crippen molar-refractivity contribution in [3.63, 3.8) is 0 Å². The number of aliphatic carboxylic acids is 1. The summed E-state index contributed by atoms with van der Waals surface area (Å²) in [7, 11) is 0. The summed E-state index contributed by atoms with van der Waals surface area (Å²) in [6, 6.07) is 18.5. The van der Waals surface area contributed by atoms with Crippen LogP contribution in [0.1, 0.15) is 35.5 Å². The molecule has 4 aromatic rings. The lowest BCUT2D eigenvalue weighted by molar-refractivity contribution is -0.137. The van der Waals surface area contributed by atoms with Crippen LogP contribution in [0.25, 0.3) is 11.3 Å². The van der Waals surface area contributed by atoms with Crippen molar-refractivity contribution in [2.45, 2.75) is 39.6 Å². The number of aromatic nitrogens is 3. The molecule has 0 saturated heterocycles. The number of hydrogen-bond donors (Lipinski definition) is 1. The number of para-hydroxylation sites is 1. The SMILES string of the molecule is CC(C)N(Cc1ccccc1OCc1cn(CC(=O)O)nn1)C(=O)c1ccc(-c2ccco2)cc1. The number of carboxylic acid groups (broad SMARTS) is 1. The van der Waals surface area contributed by atoms with Gasteiger partial charge in [-0.2, -0.15) is 0 Å². The standard InChI is InChI=1S/C26H26N4O5/c1-18(2)30(26(33)20-11-9-19(10-12-20)23-8-5-13-34-23)14-21-6-3-4-7-24(21)35-17-22-15-29(28-27-22)16-25(31)32/h3-13,15,18H,14,16-17H2,1-2H3,(H,31,32). The topological polar surface area (TPSA) is 111 Å². The van der Waals surface area contributed by atoms with Crippen molar-refractivity contribution in [1.82, 2.24) is 19.9 Å². The highest BCUT2D eigenvalue weighted by Crippen LogP contribution is 2.24. The average molecular weight is 475 g/mol. The second kappa shape index (κ2) is 10.7. The van der Waals surface area contributed by atoms with Gasteiger partial charge in [-0.25, -0.2) is 4.68 Å². The van der Waals surface area contributed by atoms with Crippen LogP contribution in [0.3, 0.4) is 0 Å². The predicted molar refractivity (Wildman–Crippen MR) is 128 cm³/mol. The number of carbonyl (C=O) groups is 2. The van der Waals surface area contributed by atoms with Crippen molar-refractivity contribution in [2.75, 3.05) is 0 Å². The van der Waals surface area contributed by atoms with Gasteiger partial charge in [0.15, 0.2) is 0 Å². The third kappa shape index (κ3) is 5.94. The minimum atomic E-state index is -0.998. The van der Waals surface area contributed by atoms with Crippen LogP contribution in [0.4, 0.5) is 0 Å². The summed E-state index contributed by atoms with van der Waals surface area (Å²) in [5.74, 6) is 0.282. The van der Waals surface area contributed by atoms with E-state index in [0.717, 1.165) is 16.9 Å². The number of rotatable bonds is 10. The van der Waals surface area contributed by atoms with Crippen molar-refractivity contribution in [1.29, 1.82) is 0 Å². The van der Waals surface area contributed by atoms with Gasteiger partial charge in [-0.3, -0.25) is 9.59 Å². The maximum atomic E-state index is 13.4. The van der Waals surface area contributed by atoms with Crippen molar-refractivity contribution in [2.24, 2.45) is 0 Å². The zero-order valence-corrected chi connectivity index (χ0v) is 19.5. The van der Waals surface area contributed by atoms with E-state index in [4.69, 9.17) is 14.3 Å². The van der Waals surface area contributed by atoms with E-state index in [1.165, 1.54) is 10.9 Å². The van der Waals surface area contributed by atoms with E-state index in [2.05, 4.69) is 10.3 Å². The van der Waals surface area contributed by atoms with Gasteiger partial charge in [0.1, 0.15) is 30.4 Å². The van der Waals surface area contributed by atoms with Crippen LogP contribution < -0.4 is 4.74 Å². The predicted octanol–water partition coefficient (Wildman–Crippen LogP) is 4.25. The number of furan rings is 1. The number of carboxylic acids is 1. The molecule has 9 nitrogen and oxygen atoms in total. The Morgan fingerprint density at radius 3 is 2.54 bits per heavy atom. The van der Waals surface area contributed by atoms with Gasteiger partial charge < -0.3 is 19.2 Å². The highest BCUT2D eigenvalue weighted by molar-refractivity contribution is 5.94. The molecule has 2 heterocycles. The van der Waals surface area contributed by atoms with Crippen LogP contribution >= 0.6 is 0 Å². The number of ether oxygens (including phenoxy) is 1. The zero-order chi connectivity index (χ0) is 24.8. The van der Waals surface area contributed by atoms with Crippen LogP contribution in [-0.4, -0.2) is 42.9 Å². The number of amides is 1. The van der Waals surface area contributed by atoms with E-state index in [1.54, 1.807) is 23.3 Å². The maximum absolute atomic E-state index is 13.4. The lowest BCUT2D eigenvalue weighted by Crippen LogP contribution is -2.36. The molecule has 0 spiro atoms. The molecule has 1 amide bonds. The fourth-order valence-corrected chi connectivity index (χ4v) is 3.61. The van der Waals surface area contributed by atoms with Gasteiger partial charge in [0, 0.05) is 29.3 Å². The van der Waals surface area contributed by atoms with Crippen molar-refractivity contribution < 1.29 is 23.8 Å². The fourth-order valence-electron chi connectivity index (χ4n) is 3.61. The summed E-state index contributed by atoms with van der Waals surface area (Å²) in [4.78, 5) is 26.0. The Labute approximate surface area is 202 Å². The first-order chi connectivity index (χ1) is 16.9. The first-order valence-electron chi connectivity index (χ1n) is 11.2. The molecule has 0 aliphatic carbocycles. The Morgan fingerprint density at radius 1 is 1.09 bits per heavy atom. The van der Waals surface area contributed by atoms with Gasteiger partial charge in [-0.15, -0.1) is 5.10 Å². The van der Waals surface area contributed by atoms with Crippen LogP contribution in [0, 0.1) is 0 Å². The first-order valence-corrected chi connectivity index (χ1v) is 11.2. The van der Waals surface area contributed by atoms with E-state index in [-0.39, 0.29) is 25.1 Å². The number of carbonyl (C=O) groups excluding carboxylic acids is 1. The lowest BCUT2D eigenvalue weighted by atomic mass is 10.1. The summed E-state index contributed by atoms with van der Waals surface area (Å²) in [6.07, 6.45) is 3.15. The Kier molecular flexibility index (Phi) is 7.25. The first kappa shape index (κ1) is 23.7. The smallest absolute Gasteiger partial charge is 0.325 e. The Hall–Kier alpha value is -4.40. The highest BCUT2D eigenvalue weighted by atomic mass is 16.5. The number of benzene rings is 2. The molecule has 0 aliphatic heterocycles. The highest BCUT2D eigenvalue weighted by Gasteiger charge is 2.21. The molecule has 0 unspecified atom stereocenters. The molecule has 0 bridgehead atoms. The molecule has 0 saturated carbocycles. The Morgan fingerprint density at radius 2 is 1.86 bits per heavy atom. The summed E-state index contributed by atoms with van der Waals surface area (Å²) >= 11 is 0. The van der Waals surface area contributed by atoms with Crippen molar-refractivity contribution >= 4 is 11.9 Å². The Bertz CT molecular complexity index is 1280. The van der Waals surface area contributed by atoms with Crippen LogP contribution in [0.2, 0.25) is 0 Å². The van der Waals surface area contributed by atoms with E-state index in [1.807, 2.05) is 62.4 Å². The summed E-state index contributed by atoms with van der Waals surface area (Å²) in [5.41, 5.74) is 2.85. The van der Waals surface area contributed by atoms with Crippen LogP contribution in [0.5, 0.6) is 5.75 Å². The molecular weight excluding hydrogens is 448 g/mol. The largest absolute Gasteiger partial charge is 0.487 e. The third-order valence-electron chi connectivity index (χ3n) is 5.39. The van der Waals surface area contributed by atoms with Crippen LogP contribution in [-0.2, 0) is 24.5 Å². The van der Waals surface area contributed by atoms with Gasteiger partial charge >= 0.3 is 5.97 Å². The van der Waals surface area contributed by atoms with Crippen LogP contribution in [0.15, 0.2) is 77.5 Å². The summed E-state index contributed by atoms with van der Waals surface area (Å²) in [6.45, 7) is 4.16. The second-order valence-electron chi connectivity index (χ2n) is 8.28. The molecule has 2 aromatic carbocycles. The normalized spacial score (nSPS) is 10.9. The summed E-state index contributed by atoms with van der Waals surface area (Å²) < 4.78 is 12.6. The van der Waals surface area contributed by atoms with E-state index in [9.17, 15) is 9.59 Å². The molecule has 4 rings (SSSR count). The summed E-state index contributed by atoms with van der Waals surface area (Å²) in [5, 5.41) is 16.6. The number of nitrogens with zero attached hydrogens (tertiary/aromatic N) is 4. The minimum Gasteiger partial charge on any atom is -0.487 e. The molecular formula is C26H26N4O5. The van der Waals surface area contributed by atoms with Gasteiger partial charge in [0.2, 0.25) is 0 Å². The van der Waals surface area contributed by atoms with Crippen molar-refractivity contribution in [3.05, 3.63) is 89.9 Å². The Balaban J connectivity index is 1.47. The second-order valence-corrected chi connectivity index (χ2v) is 8.28. The fraction of sp³-hybridized carbons (Fsp3) is 0.231. The maximum Gasteiger partial charge on any atom is 0.325 e. The molecule has 0 radical (unpaired) electrons. The molecule has 0 atom stereocenters. The molecule has 0 fully saturated rings. The average Bonchev–Trinajstić information content (AvgIpc) is 3.53. The van der Waals surface area contributed by atoms with E-state index < -0.39 is 5.97 Å². The monoisotopic (exact) mass is 474 g/mol. The van der Waals surface area contributed by atoms with E-state index in [0.29, 0.717) is 23.6 Å². The third-order valence-corrected chi connectivity index (χ3v) is 5.39. The lowest BCUT2D eigenvalue weighted by Gasteiger charge is -2.28. The quantitative estimate of drug-likeness (QED) is 0.366. The van der Waals surface area contributed by atoms with Gasteiger partial charge in [0.05, 0.1) is 12.5 Å². The van der Waals surface area contributed by atoms with Crippen molar-refractivity contribution in [3.8, 4) is 17.1 Å². The van der Waals surface area contributed by atoms with E-state index >= 15 is 0 Å². The van der Waals surface area contributed by atoms with Gasteiger partial charge in [0.25, 0.3) is 5.91 Å². The van der Waals surface area contributed by atoms with Gasteiger partial charge in [-0.1, -0.05) is 35.5 Å².